The number of aryl methyl sites for hydroxylation is 2. The summed E-state index contributed by atoms with van der Waals surface area (Å²) in [6.45, 7) is 6.02. The molecule has 0 aromatic carbocycles. The normalized spacial score (nSPS) is 26.2. The van der Waals surface area contributed by atoms with Crippen LogP contribution < -0.4 is 0 Å². The Morgan fingerprint density at radius 3 is 2.58 bits per heavy atom. The standard InChI is InChI=1S/C21H27N3OS/c1-12-17-13(2)22-19(15-7-8-15)23-20(17)26-18(12)21(25)24-10-9-14-5-3-4-6-16(14)11-24/h14-16H,3-11H2,1-2H3. The average Bonchev–Trinajstić information content (AvgIpc) is 3.45. The Morgan fingerprint density at radius 1 is 1.04 bits per heavy atom. The van der Waals surface area contributed by atoms with Gasteiger partial charge >= 0.3 is 0 Å². The molecule has 0 N–H and O–H groups in total. The minimum atomic E-state index is 0.224. The molecule has 26 heavy (non-hydrogen) atoms. The van der Waals surface area contributed by atoms with Crippen molar-refractivity contribution in [2.75, 3.05) is 13.1 Å². The Kier molecular flexibility index (Phi) is 4.03. The van der Waals surface area contributed by atoms with E-state index in [1.807, 2.05) is 0 Å². The number of carbonyl (C=O) groups excluding carboxylic acids is 1. The summed E-state index contributed by atoms with van der Waals surface area (Å²) in [5, 5.41) is 1.11. The molecule has 0 bridgehead atoms. The third kappa shape index (κ3) is 2.75. The van der Waals surface area contributed by atoms with Gasteiger partial charge < -0.3 is 4.90 Å². The van der Waals surface area contributed by atoms with Gasteiger partial charge in [0.25, 0.3) is 5.91 Å². The maximum atomic E-state index is 13.3. The van der Waals surface area contributed by atoms with Crippen LogP contribution in [0.1, 0.15) is 77.6 Å². The molecule has 3 aliphatic rings. The van der Waals surface area contributed by atoms with E-state index in [2.05, 4.69) is 18.7 Å². The van der Waals surface area contributed by atoms with E-state index in [1.165, 1.54) is 44.9 Å². The SMILES string of the molecule is Cc1nc(C2CC2)nc2sc(C(=O)N3CCC4CCCCC4C3)c(C)c12. The van der Waals surface area contributed by atoms with Crippen LogP contribution >= 0.6 is 11.3 Å². The van der Waals surface area contributed by atoms with Gasteiger partial charge in [0.15, 0.2) is 0 Å². The first-order valence-electron chi connectivity index (χ1n) is 10.2. The smallest absolute Gasteiger partial charge is 0.264 e. The molecule has 2 aliphatic carbocycles. The summed E-state index contributed by atoms with van der Waals surface area (Å²) in [7, 11) is 0. The van der Waals surface area contributed by atoms with E-state index in [1.54, 1.807) is 11.3 Å². The Hall–Kier alpha value is -1.49. The minimum Gasteiger partial charge on any atom is -0.338 e. The van der Waals surface area contributed by atoms with E-state index >= 15 is 0 Å². The summed E-state index contributed by atoms with van der Waals surface area (Å²) >= 11 is 1.59. The summed E-state index contributed by atoms with van der Waals surface area (Å²) in [5.74, 6) is 3.33. The van der Waals surface area contributed by atoms with Gasteiger partial charge in [0.1, 0.15) is 10.7 Å². The molecule has 3 heterocycles. The predicted molar refractivity (Wildman–Crippen MR) is 105 cm³/mol. The highest BCUT2D eigenvalue weighted by Gasteiger charge is 2.35. The van der Waals surface area contributed by atoms with Crippen molar-refractivity contribution in [3.8, 4) is 0 Å². The molecule has 3 fully saturated rings. The molecule has 1 aliphatic heterocycles. The number of piperidine rings is 1. The Labute approximate surface area is 159 Å². The number of rotatable bonds is 2. The van der Waals surface area contributed by atoms with E-state index in [9.17, 15) is 4.79 Å². The number of fused-ring (bicyclic) bond motifs is 2. The number of nitrogens with zero attached hydrogens (tertiary/aromatic N) is 3. The van der Waals surface area contributed by atoms with Crippen LogP contribution in [-0.4, -0.2) is 33.9 Å². The first-order valence-corrected chi connectivity index (χ1v) is 11.0. The molecule has 1 amide bonds. The largest absolute Gasteiger partial charge is 0.338 e. The lowest BCUT2D eigenvalue weighted by Gasteiger charge is -2.41. The molecule has 0 spiro atoms. The third-order valence-corrected chi connectivity index (χ3v) is 7.88. The first kappa shape index (κ1) is 16.7. The van der Waals surface area contributed by atoms with E-state index < -0.39 is 0 Å². The quantitative estimate of drug-likeness (QED) is 0.761. The van der Waals surface area contributed by atoms with Gasteiger partial charge in [-0.2, -0.15) is 0 Å². The number of hydrogen-bond acceptors (Lipinski definition) is 4. The molecule has 2 aromatic rings. The summed E-state index contributed by atoms with van der Waals surface area (Å²) in [6, 6.07) is 0. The van der Waals surface area contributed by atoms with Crippen LogP contribution in [0.25, 0.3) is 10.2 Å². The van der Waals surface area contributed by atoms with Crippen LogP contribution in [0.15, 0.2) is 0 Å². The number of thiophene rings is 1. The van der Waals surface area contributed by atoms with Crippen LogP contribution in [0.5, 0.6) is 0 Å². The molecule has 1 saturated heterocycles. The molecule has 5 heteroatoms. The summed E-state index contributed by atoms with van der Waals surface area (Å²) in [6.07, 6.45) is 8.98. The number of carbonyl (C=O) groups is 1. The van der Waals surface area contributed by atoms with Gasteiger partial charge in [-0.3, -0.25) is 4.79 Å². The Balaban J connectivity index is 1.45. The number of likely N-dealkylation sites (tertiary alicyclic amines) is 1. The summed E-state index contributed by atoms with van der Waals surface area (Å²) in [5.41, 5.74) is 2.12. The van der Waals surface area contributed by atoms with Crippen molar-refractivity contribution in [3.05, 3.63) is 22.0 Å². The highest BCUT2D eigenvalue weighted by atomic mass is 32.1. The van der Waals surface area contributed by atoms with Crippen molar-refractivity contribution in [2.45, 2.75) is 64.7 Å². The molecular weight excluding hydrogens is 342 g/mol. The lowest BCUT2D eigenvalue weighted by atomic mass is 9.75. The van der Waals surface area contributed by atoms with Crippen LogP contribution in [0.3, 0.4) is 0 Å². The third-order valence-electron chi connectivity index (χ3n) is 6.70. The second-order valence-electron chi connectivity index (χ2n) is 8.52. The Bertz CT molecular complexity index is 870. The molecule has 0 radical (unpaired) electrons. The van der Waals surface area contributed by atoms with Gasteiger partial charge in [-0.1, -0.05) is 19.3 Å². The molecule has 4 nitrogen and oxygen atoms in total. The maximum Gasteiger partial charge on any atom is 0.264 e. The molecule has 2 saturated carbocycles. The van der Waals surface area contributed by atoms with Crippen LogP contribution in [-0.2, 0) is 0 Å². The van der Waals surface area contributed by atoms with Crippen molar-refractivity contribution in [3.63, 3.8) is 0 Å². The fourth-order valence-electron chi connectivity index (χ4n) is 5.02. The van der Waals surface area contributed by atoms with Crippen molar-refractivity contribution in [1.82, 2.24) is 14.9 Å². The fraction of sp³-hybridized carbons (Fsp3) is 0.667. The zero-order chi connectivity index (χ0) is 17.8. The minimum absolute atomic E-state index is 0.224. The number of amides is 1. The second-order valence-corrected chi connectivity index (χ2v) is 9.52. The number of aromatic nitrogens is 2. The van der Waals surface area contributed by atoms with E-state index in [0.717, 1.165) is 57.1 Å². The van der Waals surface area contributed by atoms with Crippen molar-refractivity contribution >= 4 is 27.5 Å². The van der Waals surface area contributed by atoms with Gasteiger partial charge in [-0.15, -0.1) is 11.3 Å². The van der Waals surface area contributed by atoms with E-state index in [-0.39, 0.29) is 5.91 Å². The average molecular weight is 370 g/mol. The van der Waals surface area contributed by atoms with Gasteiger partial charge in [0, 0.05) is 24.4 Å². The molecular formula is C21H27N3OS. The summed E-state index contributed by atoms with van der Waals surface area (Å²) in [4.78, 5) is 26.9. The van der Waals surface area contributed by atoms with Gasteiger partial charge in [0.2, 0.25) is 0 Å². The molecule has 2 unspecified atom stereocenters. The zero-order valence-electron chi connectivity index (χ0n) is 15.8. The molecule has 5 rings (SSSR count). The van der Waals surface area contributed by atoms with Crippen molar-refractivity contribution < 1.29 is 4.79 Å². The first-order chi connectivity index (χ1) is 12.6. The predicted octanol–water partition coefficient (Wildman–Crippen LogP) is 4.84. The van der Waals surface area contributed by atoms with Crippen LogP contribution in [0.4, 0.5) is 0 Å². The van der Waals surface area contributed by atoms with Gasteiger partial charge in [0.05, 0.1) is 10.6 Å². The summed E-state index contributed by atoms with van der Waals surface area (Å²) < 4.78 is 0. The van der Waals surface area contributed by atoms with Gasteiger partial charge in [-0.25, -0.2) is 9.97 Å². The fourth-order valence-corrected chi connectivity index (χ4v) is 6.22. The number of hydrogen-bond donors (Lipinski definition) is 0. The molecule has 138 valence electrons. The van der Waals surface area contributed by atoms with Crippen LogP contribution in [0.2, 0.25) is 0 Å². The lowest BCUT2D eigenvalue weighted by Crippen LogP contribution is -2.44. The van der Waals surface area contributed by atoms with Crippen molar-refractivity contribution in [1.29, 1.82) is 0 Å². The topological polar surface area (TPSA) is 46.1 Å². The van der Waals surface area contributed by atoms with Gasteiger partial charge in [-0.05, 0) is 56.9 Å². The second kappa shape index (κ2) is 6.29. The maximum absolute atomic E-state index is 13.3. The lowest BCUT2D eigenvalue weighted by molar-refractivity contribution is 0.0525. The molecule has 2 aromatic heterocycles. The van der Waals surface area contributed by atoms with E-state index in [4.69, 9.17) is 9.97 Å². The van der Waals surface area contributed by atoms with Crippen molar-refractivity contribution in [2.24, 2.45) is 11.8 Å². The zero-order valence-corrected chi connectivity index (χ0v) is 16.6. The highest BCUT2D eigenvalue weighted by molar-refractivity contribution is 7.20. The monoisotopic (exact) mass is 369 g/mol. The van der Waals surface area contributed by atoms with E-state index in [0.29, 0.717) is 5.92 Å². The Morgan fingerprint density at radius 2 is 1.81 bits per heavy atom. The highest BCUT2D eigenvalue weighted by Crippen LogP contribution is 2.41. The van der Waals surface area contributed by atoms with Crippen LogP contribution in [0, 0.1) is 25.7 Å². The molecule has 2 atom stereocenters.